The molecule has 3 N–H and O–H groups in total. The van der Waals surface area contributed by atoms with Crippen molar-refractivity contribution in [3.05, 3.63) is 57.0 Å². The monoisotopic (exact) mass is 360 g/mol. The summed E-state index contributed by atoms with van der Waals surface area (Å²) in [4.78, 5) is 12.0. The Labute approximate surface area is 126 Å². The third-order valence-electron chi connectivity index (χ3n) is 2.54. The maximum absolute atomic E-state index is 13.6. The lowest BCUT2D eigenvalue weighted by atomic mass is 10.2. The number of carbonyl (C=O) groups excluding carboxylic acids is 1. The van der Waals surface area contributed by atoms with Crippen molar-refractivity contribution in [3.63, 3.8) is 0 Å². The normalized spacial score (nSPS) is 10.4. The molecule has 0 unspecified atom stereocenters. The number of anilines is 2. The molecule has 2 aromatic rings. The Morgan fingerprint density at radius 1 is 1.25 bits per heavy atom. The second-order valence-electron chi connectivity index (χ2n) is 3.90. The van der Waals surface area contributed by atoms with Crippen molar-refractivity contribution in [2.45, 2.75) is 0 Å². The summed E-state index contributed by atoms with van der Waals surface area (Å²) in [5, 5.41) is 2.40. The molecule has 0 atom stereocenters. The predicted octanol–water partition coefficient (Wildman–Crippen LogP) is 4.22. The third-order valence-corrected chi connectivity index (χ3v) is 3.36. The first-order valence-electron chi connectivity index (χ1n) is 5.40. The predicted molar refractivity (Wildman–Crippen MR) is 77.9 cm³/mol. The van der Waals surface area contributed by atoms with Crippen LogP contribution in [0.15, 0.2) is 34.8 Å². The summed E-state index contributed by atoms with van der Waals surface area (Å²) >= 11 is 9.08. The molecule has 20 heavy (non-hydrogen) atoms. The molecule has 0 aromatic heterocycles. The highest BCUT2D eigenvalue weighted by molar-refractivity contribution is 9.10. The second-order valence-corrected chi connectivity index (χ2v) is 5.23. The van der Waals surface area contributed by atoms with Crippen molar-refractivity contribution in [1.82, 2.24) is 0 Å². The van der Waals surface area contributed by atoms with Gasteiger partial charge in [-0.2, -0.15) is 0 Å². The largest absolute Gasteiger partial charge is 0.397 e. The summed E-state index contributed by atoms with van der Waals surface area (Å²) in [5.74, 6) is -3.01. The van der Waals surface area contributed by atoms with Crippen LogP contribution in [0.1, 0.15) is 10.4 Å². The molecule has 0 saturated heterocycles. The van der Waals surface area contributed by atoms with Crippen molar-refractivity contribution >= 4 is 44.8 Å². The van der Waals surface area contributed by atoms with Crippen LogP contribution in [0.5, 0.6) is 0 Å². The van der Waals surface area contributed by atoms with E-state index in [1.54, 1.807) is 6.07 Å². The topological polar surface area (TPSA) is 55.1 Å². The molecule has 104 valence electrons. The Bertz CT molecular complexity index is 694. The Hall–Kier alpha value is -1.66. The van der Waals surface area contributed by atoms with Gasteiger partial charge in [0.1, 0.15) is 5.69 Å². The average Bonchev–Trinajstić information content (AvgIpc) is 2.41. The fourth-order valence-electron chi connectivity index (χ4n) is 1.54. The van der Waals surface area contributed by atoms with E-state index in [0.717, 1.165) is 12.1 Å². The number of nitrogens with two attached hydrogens (primary N) is 1. The van der Waals surface area contributed by atoms with Crippen molar-refractivity contribution < 1.29 is 13.6 Å². The molecule has 0 fully saturated rings. The molecule has 2 rings (SSSR count). The van der Waals surface area contributed by atoms with E-state index in [-0.39, 0.29) is 16.3 Å². The van der Waals surface area contributed by atoms with E-state index in [2.05, 4.69) is 21.2 Å². The SMILES string of the molecule is Nc1ccc(F)c(F)c1NC(=O)c1cc(Br)ccc1Cl. The Morgan fingerprint density at radius 2 is 1.95 bits per heavy atom. The van der Waals surface area contributed by atoms with E-state index in [4.69, 9.17) is 17.3 Å². The molecule has 0 aliphatic heterocycles. The minimum absolute atomic E-state index is 0.0802. The molecule has 0 spiro atoms. The smallest absolute Gasteiger partial charge is 0.257 e. The van der Waals surface area contributed by atoms with E-state index in [9.17, 15) is 13.6 Å². The van der Waals surface area contributed by atoms with Crippen LogP contribution >= 0.6 is 27.5 Å². The Morgan fingerprint density at radius 3 is 2.65 bits per heavy atom. The zero-order chi connectivity index (χ0) is 14.9. The number of carbonyl (C=O) groups is 1. The summed E-state index contributed by atoms with van der Waals surface area (Å²) in [6, 6.07) is 6.66. The molecule has 2 aromatic carbocycles. The molecular weight excluding hydrogens is 354 g/mol. The van der Waals surface area contributed by atoms with Crippen LogP contribution in [0.25, 0.3) is 0 Å². The minimum atomic E-state index is -1.22. The van der Waals surface area contributed by atoms with Gasteiger partial charge in [-0.05, 0) is 30.3 Å². The van der Waals surface area contributed by atoms with E-state index >= 15 is 0 Å². The zero-order valence-corrected chi connectivity index (χ0v) is 12.2. The van der Waals surface area contributed by atoms with Gasteiger partial charge >= 0.3 is 0 Å². The van der Waals surface area contributed by atoms with Crippen LogP contribution < -0.4 is 11.1 Å². The Balaban J connectivity index is 2.38. The number of benzene rings is 2. The van der Waals surface area contributed by atoms with Gasteiger partial charge in [0.05, 0.1) is 16.3 Å². The van der Waals surface area contributed by atoms with E-state index < -0.39 is 23.2 Å². The molecule has 0 saturated carbocycles. The van der Waals surface area contributed by atoms with Gasteiger partial charge in [0.25, 0.3) is 5.91 Å². The van der Waals surface area contributed by atoms with Gasteiger partial charge in [0, 0.05) is 4.47 Å². The van der Waals surface area contributed by atoms with Crippen LogP contribution in [0.3, 0.4) is 0 Å². The van der Waals surface area contributed by atoms with Gasteiger partial charge in [0.2, 0.25) is 0 Å². The summed E-state index contributed by atoms with van der Waals surface area (Å²) in [5.41, 5.74) is 5.14. The number of hydrogen-bond donors (Lipinski definition) is 2. The summed E-state index contributed by atoms with van der Waals surface area (Å²) in [6.07, 6.45) is 0. The minimum Gasteiger partial charge on any atom is -0.397 e. The highest BCUT2D eigenvalue weighted by Gasteiger charge is 2.17. The first-order chi connectivity index (χ1) is 9.40. The number of hydrogen-bond acceptors (Lipinski definition) is 2. The summed E-state index contributed by atoms with van der Waals surface area (Å²) < 4.78 is 27.4. The van der Waals surface area contributed by atoms with Gasteiger partial charge in [-0.15, -0.1) is 0 Å². The van der Waals surface area contributed by atoms with Gasteiger partial charge in [0.15, 0.2) is 11.6 Å². The van der Waals surface area contributed by atoms with Crippen LogP contribution in [0.2, 0.25) is 5.02 Å². The van der Waals surface area contributed by atoms with Gasteiger partial charge in [-0.25, -0.2) is 8.78 Å². The first kappa shape index (κ1) is 14.7. The molecule has 0 aliphatic carbocycles. The summed E-state index contributed by atoms with van der Waals surface area (Å²) in [6.45, 7) is 0. The quantitative estimate of drug-likeness (QED) is 0.787. The maximum Gasteiger partial charge on any atom is 0.257 e. The number of halogens is 4. The fraction of sp³-hybridized carbons (Fsp3) is 0. The lowest BCUT2D eigenvalue weighted by Crippen LogP contribution is -2.15. The number of rotatable bonds is 2. The highest BCUT2D eigenvalue weighted by atomic mass is 79.9. The number of amides is 1. The molecular formula is C13H8BrClF2N2O. The fourth-order valence-corrected chi connectivity index (χ4v) is 2.11. The van der Waals surface area contributed by atoms with Crippen molar-refractivity contribution in [3.8, 4) is 0 Å². The molecule has 0 heterocycles. The highest BCUT2D eigenvalue weighted by Crippen LogP contribution is 2.27. The van der Waals surface area contributed by atoms with Crippen LogP contribution in [-0.4, -0.2) is 5.91 Å². The average molecular weight is 362 g/mol. The van der Waals surface area contributed by atoms with Gasteiger partial charge in [-0.3, -0.25) is 4.79 Å². The van der Waals surface area contributed by atoms with Crippen LogP contribution in [-0.2, 0) is 0 Å². The molecule has 0 radical (unpaired) electrons. The second kappa shape index (κ2) is 5.76. The van der Waals surface area contributed by atoms with E-state index in [1.807, 2.05) is 0 Å². The molecule has 3 nitrogen and oxygen atoms in total. The van der Waals surface area contributed by atoms with Crippen LogP contribution in [0, 0.1) is 11.6 Å². The van der Waals surface area contributed by atoms with Gasteiger partial charge in [-0.1, -0.05) is 27.5 Å². The van der Waals surface area contributed by atoms with E-state index in [0.29, 0.717) is 4.47 Å². The third kappa shape index (κ3) is 2.91. The molecule has 7 heteroatoms. The number of nitrogen functional groups attached to an aromatic ring is 1. The van der Waals surface area contributed by atoms with Crippen molar-refractivity contribution in [2.75, 3.05) is 11.1 Å². The molecule has 1 amide bonds. The lowest BCUT2D eigenvalue weighted by Gasteiger charge is -2.11. The molecule has 0 bridgehead atoms. The first-order valence-corrected chi connectivity index (χ1v) is 6.57. The standard InChI is InChI=1S/C13H8BrClF2N2O/c14-6-1-2-8(15)7(5-6)13(20)19-12-10(18)4-3-9(16)11(12)17/h1-5H,18H2,(H,19,20). The Kier molecular flexibility index (Phi) is 4.25. The van der Waals surface area contributed by atoms with Crippen LogP contribution in [0.4, 0.5) is 20.2 Å². The molecule has 0 aliphatic rings. The summed E-state index contributed by atoms with van der Waals surface area (Å²) in [7, 11) is 0. The number of nitrogens with one attached hydrogen (secondary N) is 1. The zero-order valence-electron chi connectivity index (χ0n) is 9.88. The van der Waals surface area contributed by atoms with Gasteiger partial charge < -0.3 is 11.1 Å². The van der Waals surface area contributed by atoms with E-state index in [1.165, 1.54) is 12.1 Å². The lowest BCUT2D eigenvalue weighted by molar-refractivity contribution is 0.102. The maximum atomic E-state index is 13.6. The van der Waals surface area contributed by atoms with Crippen molar-refractivity contribution in [2.24, 2.45) is 0 Å². The van der Waals surface area contributed by atoms with Crippen molar-refractivity contribution in [1.29, 1.82) is 0 Å².